The first kappa shape index (κ1) is 22.5. The lowest BCUT2D eigenvalue weighted by Gasteiger charge is -2.59. The molecule has 4 aliphatic rings. The summed E-state index contributed by atoms with van der Waals surface area (Å²) in [6, 6.07) is 0.0504. The third-order valence-electron chi connectivity index (χ3n) is 10.9. The van der Waals surface area contributed by atoms with Gasteiger partial charge in [-0.3, -0.25) is 0 Å². The van der Waals surface area contributed by atoms with Gasteiger partial charge in [-0.2, -0.15) is 4.91 Å². The Bertz CT molecular complexity index is 668. The van der Waals surface area contributed by atoms with E-state index in [2.05, 4.69) is 52.8 Å². The lowest BCUT2D eigenvalue weighted by molar-refractivity contribution is -0.0347. The van der Waals surface area contributed by atoms with E-state index in [0.717, 1.165) is 36.0 Å². The van der Waals surface area contributed by atoms with E-state index in [1.54, 1.807) is 0 Å². The van der Waals surface area contributed by atoms with Crippen molar-refractivity contribution >= 4 is 0 Å². The summed E-state index contributed by atoms with van der Waals surface area (Å²) in [5.74, 6) is 5.31. The van der Waals surface area contributed by atoms with E-state index in [1.165, 1.54) is 57.8 Å². The molecule has 0 saturated heterocycles. The average molecular weight is 414 g/mol. The summed E-state index contributed by atoms with van der Waals surface area (Å²) in [6.07, 6.45) is 16.0. The van der Waals surface area contributed by atoms with Gasteiger partial charge in [0.05, 0.1) is 6.04 Å². The van der Waals surface area contributed by atoms with Crippen molar-refractivity contribution in [2.75, 3.05) is 0 Å². The Morgan fingerprint density at radius 2 is 1.70 bits per heavy atom. The second kappa shape index (κ2) is 8.36. The van der Waals surface area contributed by atoms with Gasteiger partial charge in [-0.1, -0.05) is 77.6 Å². The number of allylic oxidation sites excluding steroid dienone is 2. The highest BCUT2D eigenvalue weighted by Gasteiger charge is 2.59. The number of hydrogen-bond donors (Lipinski definition) is 0. The summed E-state index contributed by atoms with van der Waals surface area (Å²) in [5.41, 5.74) is 2.77. The third kappa shape index (κ3) is 3.53. The van der Waals surface area contributed by atoms with Gasteiger partial charge in [0.25, 0.3) is 0 Å². The topological polar surface area (TPSA) is 29.4 Å². The zero-order valence-electron chi connectivity index (χ0n) is 20.6. The average Bonchev–Trinajstić information content (AvgIpc) is 3.05. The first-order valence-electron chi connectivity index (χ1n) is 13.2. The predicted molar refractivity (Wildman–Crippen MR) is 127 cm³/mol. The second-order valence-corrected chi connectivity index (χ2v) is 12.8. The van der Waals surface area contributed by atoms with E-state index < -0.39 is 0 Å². The molecule has 0 spiro atoms. The van der Waals surface area contributed by atoms with Crippen molar-refractivity contribution in [1.82, 2.24) is 0 Å². The van der Waals surface area contributed by atoms with Crippen molar-refractivity contribution in [2.45, 2.75) is 112 Å². The predicted octanol–water partition coefficient (Wildman–Crippen LogP) is 8.41. The lowest BCUT2D eigenvalue weighted by Crippen LogP contribution is -2.52. The SMILES string of the molecule is CC(C)CCCC(C)C1CCC2C3=CCC4C(C)C(N=O)CCC4(C)C3CCC21C. The molecule has 2 heteroatoms. The van der Waals surface area contributed by atoms with Gasteiger partial charge >= 0.3 is 0 Å². The highest BCUT2D eigenvalue weighted by atomic mass is 16.3. The zero-order chi connectivity index (χ0) is 21.7. The summed E-state index contributed by atoms with van der Waals surface area (Å²) in [6.45, 7) is 14.8. The Labute approximate surface area is 186 Å². The number of nitroso groups, excluding NO2 is 1. The zero-order valence-corrected chi connectivity index (χ0v) is 20.6. The van der Waals surface area contributed by atoms with Crippen LogP contribution < -0.4 is 0 Å². The van der Waals surface area contributed by atoms with Crippen molar-refractivity contribution in [3.8, 4) is 0 Å². The van der Waals surface area contributed by atoms with Crippen LogP contribution in [0.3, 0.4) is 0 Å². The molecule has 2 nitrogen and oxygen atoms in total. The van der Waals surface area contributed by atoms with Crippen LogP contribution >= 0.6 is 0 Å². The largest absolute Gasteiger partial charge is 0.151 e. The summed E-state index contributed by atoms with van der Waals surface area (Å²) in [5, 5.41) is 3.51. The van der Waals surface area contributed by atoms with Crippen LogP contribution in [0.5, 0.6) is 0 Å². The summed E-state index contributed by atoms with van der Waals surface area (Å²) in [7, 11) is 0. The van der Waals surface area contributed by atoms with Crippen LogP contribution in [-0.4, -0.2) is 6.04 Å². The van der Waals surface area contributed by atoms with E-state index in [0.29, 0.717) is 22.7 Å². The molecule has 0 aromatic carbocycles. The van der Waals surface area contributed by atoms with Crippen LogP contribution in [0.4, 0.5) is 0 Å². The molecule has 30 heavy (non-hydrogen) atoms. The van der Waals surface area contributed by atoms with E-state index in [4.69, 9.17) is 0 Å². The fourth-order valence-electron chi connectivity index (χ4n) is 9.12. The molecule has 4 rings (SSSR count). The van der Waals surface area contributed by atoms with E-state index in [9.17, 15) is 4.91 Å². The molecule has 0 aliphatic heterocycles. The molecule has 3 fully saturated rings. The molecule has 3 saturated carbocycles. The lowest BCUT2D eigenvalue weighted by atomic mass is 9.46. The van der Waals surface area contributed by atoms with Gasteiger partial charge in [-0.15, -0.1) is 0 Å². The molecule has 9 unspecified atom stereocenters. The van der Waals surface area contributed by atoms with Crippen molar-refractivity contribution in [1.29, 1.82) is 0 Å². The van der Waals surface area contributed by atoms with Crippen LogP contribution in [0.2, 0.25) is 0 Å². The molecule has 0 aromatic heterocycles. The van der Waals surface area contributed by atoms with Crippen LogP contribution in [0.1, 0.15) is 106 Å². The first-order chi connectivity index (χ1) is 14.2. The van der Waals surface area contributed by atoms with Crippen LogP contribution in [-0.2, 0) is 0 Å². The smallest absolute Gasteiger partial charge is 0.0948 e. The quantitative estimate of drug-likeness (QED) is 0.317. The van der Waals surface area contributed by atoms with Gasteiger partial charge in [0.15, 0.2) is 0 Å². The minimum Gasteiger partial charge on any atom is -0.151 e. The van der Waals surface area contributed by atoms with Crippen molar-refractivity contribution < 1.29 is 0 Å². The Morgan fingerprint density at radius 3 is 2.40 bits per heavy atom. The molecular weight excluding hydrogens is 366 g/mol. The van der Waals surface area contributed by atoms with Gasteiger partial charge in [0, 0.05) is 0 Å². The van der Waals surface area contributed by atoms with Crippen molar-refractivity contribution in [3.63, 3.8) is 0 Å². The third-order valence-corrected chi connectivity index (χ3v) is 10.9. The van der Waals surface area contributed by atoms with E-state index >= 15 is 0 Å². The summed E-state index contributed by atoms with van der Waals surface area (Å²) < 4.78 is 0. The first-order valence-corrected chi connectivity index (χ1v) is 13.2. The van der Waals surface area contributed by atoms with Gasteiger partial charge in [0.2, 0.25) is 0 Å². The molecule has 9 atom stereocenters. The molecule has 0 radical (unpaired) electrons. The van der Waals surface area contributed by atoms with E-state index in [-0.39, 0.29) is 6.04 Å². The Hall–Kier alpha value is -0.660. The fourth-order valence-corrected chi connectivity index (χ4v) is 9.12. The van der Waals surface area contributed by atoms with Crippen molar-refractivity contribution in [3.05, 3.63) is 16.6 Å². The van der Waals surface area contributed by atoms with Gasteiger partial charge in [-0.05, 0) is 97.2 Å². The minimum atomic E-state index is 0.0504. The molecule has 0 N–H and O–H groups in total. The number of hydrogen-bond acceptors (Lipinski definition) is 2. The monoisotopic (exact) mass is 413 g/mol. The minimum absolute atomic E-state index is 0.0504. The standard InChI is InChI=1S/C28H47NO/c1-18(2)8-7-9-19(3)22-12-13-24-21-10-11-23-20(4)26(29-30)15-17-28(23,6)25(21)14-16-27(22,24)5/h10,18-20,22-26H,7-9,11-17H2,1-6H3. The van der Waals surface area contributed by atoms with Crippen LogP contribution in [0, 0.1) is 57.2 Å². The molecule has 0 heterocycles. The summed E-state index contributed by atoms with van der Waals surface area (Å²) in [4.78, 5) is 11.4. The maximum Gasteiger partial charge on any atom is 0.0948 e. The van der Waals surface area contributed by atoms with Gasteiger partial charge in [0.1, 0.15) is 0 Å². The molecule has 0 bridgehead atoms. The molecule has 4 aliphatic carbocycles. The maximum atomic E-state index is 11.4. The highest BCUT2D eigenvalue weighted by Crippen LogP contribution is 2.67. The maximum absolute atomic E-state index is 11.4. The Balaban J connectivity index is 1.52. The van der Waals surface area contributed by atoms with Gasteiger partial charge < -0.3 is 0 Å². The molecular formula is C28H47NO. The fraction of sp³-hybridized carbons (Fsp3) is 0.929. The number of fused-ring (bicyclic) bond motifs is 5. The van der Waals surface area contributed by atoms with Crippen LogP contribution in [0.15, 0.2) is 16.8 Å². The highest BCUT2D eigenvalue weighted by molar-refractivity contribution is 5.28. The molecule has 170 valence electrons. The number of rotatable bonds is 6. The Kier molecular flexibility index (Phi) is 6.28. The van der Waals surface area contributed by atoms with Crippen molar-refractivity contribution in [2.24, 2.45) is 57.4 Å². The normalized spacial score (nSPS) is 46.6. The van der Waals surface area contributed by atoms with Gasteiger partial charge in [-0.25, -0.2) is 0 Å². The van der Waals surface area contributed by atoms with E-state index in [1.807, 2.05) is 5.57 Å². The molecule has 0 amide bonds. The number of nitrogens with zero attached hydrogens (tertiary/aromatic N) is 1. The Morgan fingerprint density at radius 1 is 1.00 bits per heavy atom. The second-order valence-electron chi connectivity index (χ2n) is 12.8. The van der Waals surface area contributed by atoms with Crippen LogP contribution in [0.25, 0.3) is 0 Å². The molecule has 0 aromatic rings. The summed E-state index contributed by atoms with van der Waals surface area (Å²) >= 11 is 0.